The number of aromatic nitrogens is 2. The molecule has 82 valence electrons. The van der Waals surface area contributed by atoms with E-state index in [1.165, 1.54) is 0 Å². The van der Waals surface area contributed by atoms with Crippen molar-refractivity contribution < 1.29 is 4.79 Å². The number of nitrogens with zero attached hydrogens (tertiary/aromatic N) is 2. The molecule has 0 fully saturated rings. The van der Waals surface area contributed by atoms with E-state index in [0.717, 1.165) is 23.2 Å². The van der Waals surface area contributed by atoms with E-state index < -0.39 is 0 Å². The highest BCUT2D eigenvalue weighted by Crippen LogP contribution is 2.19. The highest BCUT2D eigenvalue weighted by molar-refractivity contribution is 6.31. The minimum atomic E-state index is 0.596. The van der Waals surface area contributed by atoms with E-state index in [2.05, 4.69) is 5.10 Å². The first-order valence-electron chi connectivity index (χ1n) is 4.90. The van der Waals surface area contributed by atoms with Gasteiger partial charge in [-0.3, -0.25) is 4.79 Å². The highest BCUT2D eigenvalue weighted by atomic mass is 35.5. The lowest BCUT2D eigenvalue weighted by atomic mass is 10.1. The Kier molecular flexibility index (Phi) is 2.79. The summed E-state index contributed by atoms with van der Waals surface area (Å²) in [6.07, 6.45) is 2.53. The van der Waals surface area contributed by atoms with Crippen molar-refractivity contribution in [3.05, 3.63) is 46.2 Å². The van der Waals surface area contributed by atoms with Crippen LogP contribution in [0.2, 0.25) is 5.02 Å². The molecule has 2 rings (SSSR count). The average Bonchev–Trinajstić information content (AvgIpc) is 2.59. The molecule has 0 radical (unpaired) electrons. The monoisotopic (exact) mass is 234 g/mol. The van der Waals surface area contributed by atoms with Crippen LogP contribution in [0.4, 0.5) is 0 Å². The first kappa shape index (κ1) is 10.9. The van der Waals surface area contributed by atoms with E-state index in [1.54, 1.807) is 16.9 Å². The van der Waals surface area contributed by atoms with Crippen molar-refractivity contribution >= 4 is 17.9 Å². The van der Waals surface area contributed by atoms with Crippen LogP contribution in [0, 0.1) is 13.8 Å². The molecule has 1 aromatic heterocycles. The van der Waals surface area contributed by atoms with E-state index in [9.17, 15) is 4.79 Å². The third kappa shape index (κ3) is 1.86. The maximum Gasteiger partial charge on any atom is 0.152 e. The lowest BCUT2D eigenvalue weighted by molar-refractivity contribution is 0.112. The molecule has 4 heteroatoms. The van der Waals surface area contributed by atoms with Gasteiger partial charge in [0.05, 0.1) is 16.4 Å². The van der Waals surface area contributed by atoms with Gasteiger partial charge in [-0.1, -0.05) is 17.7 Å². The first-order valence-corrected chi connectivity index (χ1v) is 5.27. The SMILES string of the molecule is Cc1ccc(C=O)c(-n2cc(Cl)c(C)n2)c1. The van der Waals surface area contributed by atoms with Crippen molar-refractivity contribution in [2.24, 2.45) is 0 Å². The number of halogens is 1. The number of rotatable bonds is 2. The summed E-state index contributed by atoms with van der Waals surface area (Å²) in [5.41, 5.74) is 3.18. The Labute approximate surface area is 98.7 Å². The van der Waals surface area contributed by atoms with Gasteiger partial charge in [0.25, 0.3) is 0 Å². The Bertz CT molecular complexity index is 526. The van der Waals surface area contributed by atoms with Crippen molar-refractivity contribution in [3.8, 4) is 5.69 Å². The molecule has 0 aliphatic carbocycles. The number of hydrogen-bond donors (Lipinski definition) is 0. The maximum atomic E-state index is 10.9. The van der Waals surface area contributed by atoms with E-state index in [1.807, 2.05) is 26.0 Å². The van der Waals surface area contributed by atoms with E-state index in [4.69, 9.17) is 11.6 Å². The number of aldehydes is 1. The van der Waals surface area contributed by atoms with Gasteiger partial charge < -0.3 is 0 Å². The lowest BCUT2D eigenvalue weighted by Crippen LogP contribution is -2.00. The molecule has 0 bridgehead atoms. The van der Waals surface area contributed by atoms with Gasteiger partial charge in [0.2, 0.25) is 0 Å². The molecule has 0 spiro atoms. The zero-order valence-corrected chi connectivity index (χ0v) is 9.82. The van der Waals surface area contributed by atoms with Crippen LogP contribution in [0.5, 0.6) is 0 Å². The van der Waals surface area contributed by atoms with Gasteiger partial charge in [0.1, 0.15) is 0 Å². The third-order valence-electron chi connectivity index (χ3n) is 2.40. The van der Waals surface area contributed by atoms with Crippen LogP contribution in [0.25, 0.3) is 5.69 Å². The molecule has 0 saturated heterocycles. The molecule has 2 aromatic rings. The Hall–Kier alpha value is -1.61. The van der Waals surface area contributed by atoms with Gasteiger partial charge in [-0.15, -0.1) is 0 Å². The molecular formula is C12H11ClN2O. The van der Waals surface area contributed by atoms with Crippen LogP contribution < -0.4 is 0 Å². The Balaban J connectivity index is 2.62. The molecule has 0 N–H and O–H groups in total. The van der Waals surface area contributed by atoms with Gasteiger partial charge in [-0.05, 0) is 31.5 Å². The summed E-state index contributed by atoms with van der Waals surface area (Å²) in [7, 11) is 0. The second-order valence-electron chi connectivity index (χ2n) is 3.69. The summed E-state index contributed by atoms with van der Waals surface area (Å²) >= 11 is 5.94. The number of aryl methyl sites for hydroxylation is 2. The predicted octanol–water partition coefficient (Wildman–Crippen LogP) is 2.96. The summed E-state index contributed by atoms with van der Waals surface area (Å²) in [5.74, 6) is 0. The Morgan fingerprint density at radius 1 is 1.38 bits per heavy atom. The molecule has 0 amide bonds. The molecule has 0 unspecified atom stereocenters. The van der Waals surface area contributed by atoms with Crippen molar-refractivity contribution in [2.45, 2.75) is 13.8 Å². The quantitative estimate of drug-likeness (QED) is 0.749. The summed E-state index contributed by atoms with van der Waals surface area (Å²) in [6, 6.07) is 5.58. The lowest BCUT2D eigenvalue weighted by Gasteiger charge is -2.05. The number of hydrogen-bond acceptors (Lipinski definition) is 2. The largest absolute Gasteiger partial charge is 0.298 e. The van der Waals surface area contributed by atoms with Crippen LogP contribution in [0.3, 0.4) is 0 Å². The van der Waals surface area contributed by atoms with Crippen molar-refractivity contribution in [2.75, 3.05) is 0 Å². The molecule has 16 heavy (non-hydrogen) atoms. The van der Waals surface area contributed by atoms with Crippen LogP contribution in [-0.4, -0.2) is 16.1 Å². The van der Waals surface area contributed by atoms with Gasteiger partial charge in [0.15, 0.2) is 6.29 Å². The van der Waals surface area contributed by atoms with Crippen LogP contribution in [-0.2, 0) is 0 Å². The molecule has 1 heterocycles. The van der Waals surface area contributed by atoms with E-state index in [-0.39, 0.29) is 0 Å². The van der Waals surface area contributed by atoms with Gasteiger partial charge in [-0.2, -0.15) is 5.10 Å². The fraction of sp³-hybridized carbons (Fsp3) is 0.167. The summed E-state index contributed by atoms with van der Waals surface area (Å²) in [6.45, 7) is 3.80. The number of carbonyl (C=O) groups is 1. The van der Waals surface area contributed by atoms with Gasteiger partial charge in [0, 0.05) is 11.8 Å². The smallest absolute Gasteiger partial charge is 0.152 e. The van der Waals surface area contributed by atoms with E-state index >= 15 is 0 Å². The Morgan fingerprint density at radius 2 is 2.12 bits per heavy atom. The van der Waals surface area contributed by atoms with Crippen LogP contribution in [0.1, 0.15) is 21.6 Å². The van der Waals surface area contributed by atoms with E-state index in [0.29, 0.717) is 10.6 Å². The number of carbonyl (C=O) groups excluding carboxylic acids is 1. The van der Waals surface area contributed by atoms with Crippen LogP contribution in [0.15, 0.2) is 24.4 Å². The standard InChI is InChI=1S/C12H11ClN2O/c1-8-3-4-10(7-16)12(5-8)15-6-11(13)9(2)14-15/h3-7H,1-2H3. The zero-order chi connectivity index (χ0) is 11.7. The van der Waals surface area contributed by atoms with Gasteiger partial charge >= 0.3 is 0 Å². The Morgan fingerprint density at radius 3 is 2.69 bits per heavy atom. The summed E-state index contributed by atoms with van der Waals surface area (Å²) in [5, 5.41) is 4.85. The molecule has 0 atom stereocenters. The summed E-state index contributed by atoms with van der Waals surface area (Å²) in [4.78, 5) is 10.9. The maximum absolute atomic E-state index is 10.9. The fourth-order valence-electron chi connectivity index (χ4n) is 1.51. The fourth-order valence-corrected chi connectivity index (χ4v) is 1.64. The third-order valence-corrected chi connectivity index (χ3v) is 2.77. The number of benzene rings is 1. The second kappa shape index (κ2) is 4.10. The molecule has 0 aliphatic rings. The van der Waals surface area contributed by atoms with Crippen molar-refractivity contribution in [3.63, 3.8) is 0 Å². The van der Waals surface area contributed by atoms with Crippen molar-refractivity contribution in [1.82, 2.24) is 9.78 Å². The van der Waals surface area contributed by atoms with Crippen LogP contribution >= 0.6 is 11.6 Å². The minimum absolute atomic E-state index is 0.596. The molecule has 0 aliphatic heterocycles. The first-order chi connectivity index (χ1) is 7.61. The summed E-state index contributed by atoms with van der Waals surface area (Å²) < 4.78 is 1.63. The predicted molar refractivity (Wildman–Crippen MR) is 63.4 cm³/mol. The molecule has 0 saturated carbocycles. The minimum Gasteiger partial charge on any atom is -0.298 e. The highest BCUT2D eigenvalue weighted by Gasteiger charge is 2.08. The molecule has 1 aromatic carbocycles. The normalized spacial score (nSPS) is 10.4. The zero-order valence-electron chi connectivity index (χ0n) is 9.07. The van der Waals surface area contributed by atoms with Crippen molar-refractivity contribution in [1.29, 1.82) is 0 Å². The average molecular weight is 235 g/mol. The van der Waals surface area contributed by atoms with Gasteiger partial charge in [-0.25, -0.2) is 4.68 Å². The molecule has 3 nitrogen and oxygen atoms in total. The molecular weight excluding hydrogens is 224 g/mol. The second-order valence-corrected chi connectivity index (χ2v) is 4.09. The topological polar surface area (TPSA) is 34.9 Å².